The second-order valence-electron chi connectivity index (χ2n) is 7.41. The van der Waals surface area contributed by atoms with Gasteiger partial charge in [0.05, 0.1) is 11.7 Å². The average molecular weight is 383 g/mol. The Kier molecular flexibility index (Phi) is 7.01. The Morgan fingerprint density at radius 3 is 2.54 bits per heavy atom. The number of aromatic nitrogens is 1. The number of amides is 1. The molecule has 1 amide bonds. The highest BCUT2D eigenvalue weighted by Gasteiger charge is 2.24. The van der Waals surface area contributed by atoms with E-state index in [2.05, 4.69) is 34.1 Å². The molecule has 0 radical (unpaired) electrons. The van der Waals surface area contributed by atoms with Gasteiger partial charge in [0.15, 0.2) is 0 Å². The van der Waals surface area contributed by atoms with Crippen molar-refractivity contribution in [2.45, 2.75) is 25.4 Å². The molecule has 0 aliphatic carbocycles. The molecule has 6 nitrogen and oxygen atoms in total. The predicted molar refractivity (Wildman–Crippen MR) is 113 cm³/mol. The molecular formula is C22H30N4O2. The number of hydrogen-bond acceptors (Lipinski definition) is 5. The van der Waals surface area contributed by atoms with Crippen LogP contribution in [0.4, 0.5) is 5.69 Å². The zero-order valence-electron chi connectivity index (χ0n) is 16.8. The molecule has 1 aromatic carbocycles. The Morgan fingerprint density at radius 1 is 1.18 bits per heavy atom. The second kappa shape index (κ2) is 9.66. The lowest BCUT2D eigenvalue weighted by molar-refractivity contribution is 0.00844. The van der Waals surface area contributed by atoms with Crippen LogP contribution in [0.5, 0.6) is 0 Å². The van der Waals surface area contributed by atoms with Gasteiger partial charge in [-0.15, -0.1) is 0 Å². The predicted octanol–water partition coefficient (Wildman–Crippen LogP) is 2.78. The lowest BCUT2D eigenvalue weighted by atomic mass is 10.0. The first-order chi connectivity index (χ1) is 13.6. The van der Waals surface area contributed by atoms with Crippen molar-refractivity contribution in [3.05, 3.63) is 48.3 Å². The summed E-state index contributed by atoms with van der Waals surface area (Å²) in [7, 11) is 4.03. The summed E-state index contributed by atoms with van der Waals surface area (Å²) >= 11 is 0. The number of benzene rings is 1. The molecule has 1 aliphatic heterocycles. The topological polar surface area (TPSA) is 71.7 Å². The number of piperidine rings is 1. The lowest BCUT2D eigenvalue weighted by Gasteiger charge is -2.32. The number of carbonyl (C=O) groups is 1. The quantitative estimate of drug-likeness (QED) is 0.746. The first-order valence-electron chi connectivity index (χ1n) is 9.92. The van der Waals surface area contributed by atoms with E-state index < -0.39 is 0 Å². The van der Waals surface area contributed by atoms with Crippen LogP contribution in [0.1, 0.15) is 29.6 Å². The zero-order valence-corrected chi connectivity index (χ0v) is 16.8. The normalized spacial score (nSPS) is 14.9. The fraction of sp³-hybridized carbons (Fsp3) is 0.455. The molecule has 28 heavy (non-hydrogen) atoms. The third-order valence-corrected chi connectivity index (χ3v) is 5.13. The molecule has 1 aliphatic rings. The van der Waals surface area contributed by atoms with Crippen LogP contribution in [0.15, 0.2) is 42.7 Å². The Balaban J connectivity index is 1.63. The van der Waals surface area contributed by atoms with Crippen molar-refractivity contribution in [3.8, 4) is 11.1 Å². The maximum Gasteiger partial charge on any atom is 0.255 e. The highest BCUT2D eigenvalue weighted by Crippen LogP contribution is 2.24. The number of carbonyl (C=O) groups excluding carboxylic acids is 1. The number of anilines is 1. The van der Waals surface area contributed by atoms with Gasteiger partial charge in [-0.2, -0.15) is 0 Å². The van der Waals surface area contributed by atoms with Gasteiger partial charge < -0.3 is 20.3 Å². The van der Waals surface area contributed by atoms with E-state index in [1.54, 1.807) is 12.4 Å². The summed E-state index contributed by atoms with van der Waals surface area (Å²) in [5.74, 6) is 0.0414. The fourth-order valence-electron chi connectivity index (χ4n) is 3.41. The van der Waals surface area contributed by atoms with Gasteiger partial charge in [-0.25, -0.2) is 0 Å². The van der Waals surface area contributed by atoms with Crippen LogP contribution in [-0.4, -0.2) is 62.2 Å². The molecule has 1 aromatic heterocycles. The van der Waals surface area contributed by atoms with Gasteiger partial charge in [-0.05, 0) is 49.6 Å². The summed E-state index contributed by atoms with van der Waals surface area (Å²) in [4.78, 5) is 21.2. The van der Waals surface area contributed by atoms with Gasteiger partial charge in [0.25, 0.3) is 5.91 Å². The number of rotatable bonds is 7. The summed E-state index contributed by atoms with van der Waals surface area (Å²) in [5, 5.41) is 0. The zero-order chi connectivity index (χ0) is 19.9. The molecule has 2 aromatic rings. The lowest BCUT2D eigenvalue weighted by Crippen LogP contribution is -2.41. The molecule has 1 fully saturated rings. The molecule has 2 N–H and O–H groups in total. The minimum Gasteiger partial charge on any atom is -0.378 e. The van der Waals surface area contributed by atoms with Crippen molar-refractivity contribution in [1.29, 1.82) is 0 Å². The molecule has 0 unspecified atom stereocenters. The van der Waals surface area contributed by atoms with Crippen LogP contribution in [0.3, 0.4) is 0 Å². The monoisotopic (exact) mass is 382 g/mol. The maximum absolute atomic E-state index is 12.9. The van der Waals surface area contributed by atoms with Crippen molar-refractivity contribution < 1.29 is 9.53 Å². The van der Waals surface area contributed by atoms with Crippen LogP contribution in [0.25, 0.3) is 11.1 Å². The van der Waals surface area contributed by atoms with E-state index >= 15 is 0 Å². The molecule has 6 heteroatoms. The van der Waals surface area contributed by atoms with Crippen molar-refractivity contribution in [3.63, 3.8) is 0 Å². The third-order valence-electron chi connectivity index (χ3n) is 5.13. The number of hydrogen-bond donors (Lipinski definition) is 1. The molecule has 0 bridgehead atoms. The van der Waals surface area contributed by atoms with Crippen molar-refractivity contribution in [2.75, 3.05) is 45.2 Å². The Bertz CT molecular complexity index is 768. The number of ether oxygens (including phenoxy) is 1. The highest BCUT2D eigenvalue weighted by atomic mass is 16.5. The van der Waals surface area contributed by atoms with Gasteiger partial charge in [0, 0.05) is 57.4 Å². The largest absolute Gasteiger partial charge is 0.378 e. The Morgan fingerprint density at radius 2 is 1.89 bits per heavy atom. The number of nitrogens with zero attached hydrogens (tertiary/aromatic N) is 3. The van der Waals surface area contributed by atoms with Gasteiger partial charge in [-0.1, -0.05) is 12.1 Å². The molecule has 0 spiro atoms. The van der Waals surface area contributed by atoms with E-state index in [1.165, 1.54) is 0 Å². The summed E-state index contributed by atoms with van der Waals surface area (Å²) in [5.41, 5.74) is 9.29. The highest BCUT2D eigenvalue weighted by molar-refractivity contribution is 5.95. The molecule has 2 heterocycles. The van der Waals surface area contributed by atoms with E-state index in [0.29, 0.717) is 31.8 Å². The van der Waals surface area contributed by atoms with E-state index in [4.69, 9.17) is 10.5 Å². The average Bonchev–Trinajstić information content (AvgIpc) is 2.74. The Labute approximate surface area is 167 Å². The van der Waals surface area contributed by atoms with Gasteiger partial charge in [-0.3, -0.25) is 9.78 Å². The molecule has 0 atom stereocenters. The number of pyridine rings is 1. The van der Waals surface area contributed by atoms with Crippen LogP contribution < -0.4 is 10.6 Å². The first kappa shape index (κ1) is 20.3. The minimum absolute atomic E-state index is 0.0414. The van der Waals surface area contributed by atoms with Crippen molar-refractivity contribution in [2.24, 2.45) is 5.73 Å². The van der Waals surface area contributed by atoms with E-state index in [1.807, 2.05) is 25.1 Å². The smallest absolute Gasteiger partial charge is 0.255 e. The summed E-state index contributed by atoms with van der Waals surface area (Å²) in [6, 6.07) is 10.2. The van der Waals surface area contributed by atoms with Gasteiger partial charge in [0.1, 0.15) is 0 Å². The maximum atomic E-state index is 12.9. The van der Waals surface area contributed by atoms with Gasteiger partial charge in [0.2, 0.25) is 0 Å². The summed E-state index contributed by atoms with van der Waals surface area (Å²) in [6.07, 6.45) is 6.32. The molecular weight excluding hydrogens is 352 g/mol. The fourth-order valence-corrected chi connectivity index (χ4v) is 3.41. The summed E-state index contributed by atoms with van der Waals surface area (Å²) < 4.78 is 5.83. The van der Waals surface area contributed by atoms with Crippen LogP contribution in [0.2, 0.25) is 0 Å². The van der Waals surface area contributed by atoms with E-state index in [9.17, 15) is 4.79 Å². The molecule has 150 valence electrons. The first-order valence-corrected chi connectivity index (χ1v) is 9.92. The molecule has 3 rings (SSSR count). The van der Waals surface area contributed by atoms with E-state index in [0.717, 1.165) is 36.1 Å². The minimum atomic E-state index is 0.0414. The molecule has 1 saturated heterocycles. The van der Waals surface area contributed by atoms with Crippen LogP contribution in [0, 0.1) is 0 Å². The Hall–Kier alpha value is -2.44. The van der Waals surface area contributed by atoms with Crippen molar-refractivity contribution >= 4 is 11.6 Å². The van der Waals surface area contributed by atoms with Crippen molar-refractivity contribution in [1.82, 2.24) is 9.88 Å². The molecule has 0 saturated carbocycles. The standard InChI is InChI=1S/C22H30N4O2/c1-25(2)20-6-4-17(5-7-20)18-14-19(16-24-15-18)22(27)26-11-8-21(9-12-26)28-13-3-10-23/h4-7,14-16,21H,3,8-13,23H2,1-2H3. The number of nitrogens with two attached hydrogens (primary N) is 1. The second-order valence-corrected chi connectivity index (χ2v) is 7.41. The SMILES string of the molecule is CN(C)c1ccc(-c2cncc(C(=O)N3CCC(OCCCN)CC3)c2)cc1. The van der Waals surface area contributed by atoms with E-state index in [-0.39, 0.29) is 12.0 Å². The number of likely N-dealkylation sites (tertiary alicyclic amines) is 1. The van der Waals surface area contributed by atoms with Gasteiger partial charge >= 0.3 is 0 Å². The van der Waals surface area contributed by atoms with Crippen LogP contribution >= 0.6 is 0 Å². The third kappa shape index (κ3) is 5.09. The van der Waals surface area contributed by atoms with Crippen LogP contribution in [-0.2, 0) is 4.74 Å². The summed E-state index contributed by atoms with van der Waals surface area (Å²) in [6.45, 7) is 2.79.